The molecular weight excluding hydrogens is 436 g/mol. The van der Waals surface area contributed by atoms with E-state index in [4.69, 9.17) is 19.2 Å². The highest BCUT2D eigenvalue weighted by Crippen LogP contribution is 2.39. The highest BCUT2D eigenvalue weighted by molar-refractivity contribution is 7.22. The zero-order valence-electron chi connectivity index (χ0n) is 19.3. The summed E-state index contributed by atoms with van der Waals surface area (Å²) in [6.45, 7) is 4.51. The van der Waals surface area contributed by atoms with Crippen molar-refractivity contribution < 1.29 is 19.0 Å². The minimum absolute atomic E-state index is 0.202. The van der Waals surface area contributed by atoms with Gasteiger partial charge in [0.1, 0.15) is 0 Å². The lowest BCUT2D eigenvalue weighted by molar-refractivity contribution is 0.0984. The third-order valence-electron chi connectivity index (χ3n) is 5.64. The molecule has 6 nitrogen and oxygen atoms in total. The van der Waals surface area contributed by atoms with Crippen LogP contribution < -0.4 is 19.1 Å². The summed E-state index contributed by atoms with van der Waals surface area (Å²) in [5.74, 6) is 1.09. The SMILES string of the molecule is COc1cc(C(=O)N(Cc2ccccc2)c2nc3c(C)c(C)ccc3s2)cc(OC)c1OC. The summed E-state index contributed by atoms with van der Waals surface area (Å²) >= 11 is 1.50. The predicted octanol–water partition coefficient (Wildman–Crippen LogP) is 5.79. The molecule has 0 bridgehead atoms. The molecule has 1 heterocycles. The van der Waals surface area contributed by atoms with Gasteiger partial charge in [0, 0.05) is 5.56 Å². The van der Waals surface area contributed by atoms with Crippen molar-refractivity contribution in [2.75, 3.05) is 26.2 Å². The summed E-state index contributed by atoms with van der Waals surface area (Å²) in [4.78, 5) is 20.4. The first-order valence-electron chi connectivity index (χ1n) is 10.5. The zero-order valence-corrected chi connectivity index (χ0v) is 20.2. The second-order valence-corrected chi connectivity index (χ2v) is 8.65. The molecule has 0 saturated heterocycles. The largest absolute Gasteiger partial charge is 0.493 e. The number of aryl methyl sites for hydroxylation is 2. The van der Waals surface area contributed by atoms with Crippen LogP contribution in [0, 0.1) is 13.8 Å². The minimum atomic E-state index is -0.202. The monoisotopic (exact) mass is 462 g/mol. The summed E-state index contributed by atoms with van der Waals surface area (Å²) in [5, 5.41) is 0.640. The van der Waals surface area contributed by atoms with Crippen LogP contribution in [0.25, 0.3) is 10.2 Å². The third-order valence-corrected chi connectivity index (χ3v) is 6.69. The molecule has 0 aliphatic heterocycles. The van der Waals surface area contributed by atoms with E-state index in [0.29, 0.717) is 34.5 Å². The summed E-state index contributed by atoms with van der Waals surface area (Å²) in [6, 6.07) is 17.4. The Labute approximate surface area is 197 Å². The van der Waals surface area contributed by atoms with Crippen LogP contribution in [0.3, 0.4) is 0 Å². The molecule has 0 spiro atoms. The minimum Gasteiger partial charge on any atom is -0.493 e. The predicted molar refractivity (Wildman–Crippen MR) is 132 cm³/mol. The maximum absolute atomic E-state index is 13.9. The van der Waals surface area contributed by atoms with Gasteiger partial charge in [0.05, 0.1) is 38.1 Å². The molecular formula is C26H26N2O4S. The molecule has 0 radical (unpaired) electrons. The van der Waals surface area contributed by atoms with Crippen molar-refractivity contribution in [3.8, 4) is 17.2 Å². The Balaban J connectivity index is 1.83. The molecule has 0 aliphatic rings. The number of rotatable bonds is 7. The van der Waals surface area contributed by atoms with E-state index in [9.17, 15) is 4.79 Å². The van der Waals surface area contributed by atoms with E-state index in [0.717, 1.165) is 21.3 Å². The number of fused-ring (bicyclic) bond motifs is 1. The topological polar surface area (TPSA) is 60.9 Å². The molecule has 0 aliphatic carbocycles. The number of hydrogen-bond acceptors (Lipinski definition) is 6. The normalized spacial score (nSPS) is 10.8. The first-order chi connectivity index (χ1) is 16.0. The van der Waals surface area contributed by atoms with Gasteiger partial charge in [-0.2, -0.15) is 0 Å². The van der Waals surface area contributed by atoms with Gasteiger partial charge in [0.25, 0.3) is 5.91 Å². The van der Waals surface area contributed by atoms with Crippen molar-refractivity contribution >= 4 is 32.6 Å². The Morgan fingerprint density at radius 2 is 1.61 bits per heavy atom. The first kappa shape index (κ1) is 22.6. The number of carbonyl (C=O) groups excluding carboxylic acids is 1. The molecule has 0 fully saturated rings. The number of hydrogen-bond donors (Lipinski definition) is 0. The number of amides is 1. The molecule has 1 aromatic heterocycles. The maximum atomic E-state index is 13.9. The van der Waals surface area contributed by atoms with E-state index in [1.54, 1.807) is 17.0 Å². The van der Waals surface area contributed by atoms with E-state index >= 15 is 0 Å². The third kappa shape index (κ3) is 4.36. The number of carbonyl (C=O) groups is 1. The van der Waals surface area contributed by atoms with E-state index in [1.165, 1.54) is 38.2 Å². The Morgan fingerprint density at radius 3 is 2.21 bits per heavy atom. The van der Waals surface area contributed by atoms with Crippen LogP contribution >= 0.6 is 11.3 Å². The summed E-state index contributed by atoms with van der Waals surface area (Å²) in [6.07, 6.45) is 0. The van der Waals surface area contributed by atoms with Gasteiger partial charge in [-0.3, -0.25) is 9.69 Å². The van der Waals surface area contributed by atoms with Crippen LogP contribution in [-0.2, 0) is 6.54 Å². The second-order valence-electron chi connectivity index (χ2n) is 7.64. The van der Waals surface area contributed by atoms with Crippen LogP contribution in [0.2, 0.25) is 0 Å². The van der Waals surface area contributed by atoms with Crippen LogP contribution in [0.5, 0.6) is 17.2 Å². The van der Waals surface area contributed by atoms with E-state index in [2.05, 4.69) is 26.0 Å². The quantitative estimate of drug-likeness (QED) is 0.348. The van der Waals surface area contributed by atoms with Gasteiger partial charge < -0.3 is 14.2 Å². The zero-order chi connectivity index (χ0) is 23.5. The van der Waals surface area contributed by atoms with E-state index in [-0.39, 0.29) is 5.91 Å². The fraction of sp³-hybridized carbons (Fsp3) is 0.231. The molecule has 4 aromatic rings. The number of anilines is 1. The highest BCUT2D eigenvalue weighted by Gasteiger charge is 2.25. The first-order valence-corrected chi connectivity index (χ1v) is 11.3. The van der Waals surface area contributed by atoms with Crippen LogP contribution in [0.15, 0.2) is 54.6 Å². The van der Waals surface area contributed by atoms with E-state index < -0.39 is 0 Å². The molecule has 4 rings (SSSR count). The van der Waals surface area contributed by atoms with Crippen molar-refractivity contribution in [3.05, 3.63) is 76.9 Å². The van der Waals surface area contributed by atoms with Gasteiger partial charge in [0.2, 0.25) is 5.75 Å². The molecule has 0 saturated carbocycles. The van der Waals surface area contributed by atoms with Gasteiger partial charge in [-0.25, -0.2) is 4.98 Å². The van der Waals surface area contributed by atoms with Gasteiger partial charge in [-0.05, 0) is 48.7 Å². The van der Waals surface area contributed by atoms with Crippen molar-refractivity contribution in [2.45, 2.75) is 20.4 Å². The van der Waals surface area contributed by atoms with Gasteiger partial charge in [-0.15, -0.1) is 0 Å². The number of ether oxygens (including phenoxy) is 3. The molecule has 0 unspecified atom stereocenters. The average Bonchev–Trinajstić information content (AvgIpc) is 3.28. The van der Waals surface area contributed by atoms with Gasteiger partial charge in [-0.1, -0.05) is 47.7 Å². The fourth-order valence-electron chi connectivity index (χ4n) is 3.68. The van der Waals surface area contributed by atoms with Crippen LogP contribution in [0.1, 0.15) is 27.0 Å². The number of methoxy groups -OCH3 is 3. The molecule has 0 atom stereocenters. The Bertz CT molecular complexity index is 1280. The number of thiazole rings is 1. The van der Waals surface area contributed by atoms with Gasteiger partial charge >= 0.3 is 0 Å². The summed E-state index contributed by atoms with van der Waals surface area (Å²) in [7, 11) is 4.60. The molecule has 3 aromatic carbocycles. The Hall–Kier alpha value is -3.58. The van der Waals surface area contributed by atoms with Crippen molar-refractivity contribution in [2.24, 2.45) is 0 Å². The Morgan fingerprint density at radius 1 is 0.939 bits per heavy atom. The Kier molecular flexibility index (Phi) is 6.51. The van der Waals surface area contributed by atoms with Crippen molar-refractivity contribution in [3.63, 3.8) is 0 Å². The van der Waals surface area contributed by atoms with Crippen molar-refractivity contribution in [1.29, 1.82) is 0 Å². The van der Waals surface area contributed by atoms with E-state index in [1.807, 2.05) is 30.3 Å². The summed E-state index contributed by atoms with van der Waals surface area (Å²) < 4.78 is 17.4. The lowest BCUT2D eigenvalue weighted by Gasteiger charge is -2.21. The van der Waals surface area contributed by atoms with Gasteiger partial charge in [0.15, 0.2) is 16.6 Å². The fourth-order valence-corrected chi connectivity index (χ4v) is 4.71. The smallest absolute Gasteiger partial charge is 0.260 e. The number of nitrogens with zero attached hydrogens (tertiary/aromatic N) is 2. The number of benzene rings is 3. The molecule has 33 heavy (non-hydrogen) atoms. The average molecular weight is 463 g/mol. The lowest BCUT2D eigenvalue weighted by atomic mass is 10.1. The molecule has 7 heteroatoms. The highest BCUT2D eigenvalue weighted by atomic mass is 32.1. The maximum Gasteiger partial charge on any atom is 0.260 e. The lowest BCUT2D eigenvalue weighted by Crippen LogP contribution is -2.30. The second kappa shape index (κ2) is 9.50. The van der Waals surface area contributed by atoms with Crippen LogP contribution in [-0.4, -0.2) is 32.2 Å². The molecule has 170 valence electrons. The summed E-state index contributed by atoms with van der Waals surface area (Å²) in [5.41, 5.74) is 4.64. The number of aromatic nitrogens is 1. The van der Waals surface area contributed by atoms with Crippen LogP contribution in [0.4, 0.5) is 5.13 Å². The molecule has 0 N–H and O–H groups in total. The van der Waals surface area contributed by atoms with Crippen molar-refractivity contribution in [1.82, 2.24) is 4.98 Å². The standard InChI is InChI=1S/C26H26N2O4S/c1-16-11-12-22-23(17(16)2)27-26(33-22)28(15-18-9-7-6-8-10-18)25(29)19-13-20(30-3)24(32-5)21(14-19)31-4/h6-14H,15H2,1-5H3. The molecule has 1 amide bonds.